The molecule has 0 radical (unpaired) electrons. The van der Waals surface area contributed by atoms with Gasteiger partial charge in [-0.2, -0.15) is 5.10 Å². The fourth-order valence-corrected chi connectivity index (χ4v) is 4.51. The summed E-state index contributed by atoms with van der Waals surface area (Å²) in [4.78, 5) is 38.1. The van der Waals surface area contributed by atoms with Crippen LogP contribution in [0.1, 0.15) is 69.5 Å². The van der Waals surface area contributed by atoms with Gasteiger partial charge in [-0.3, -0.25) is 19.6 Å². The molecular weight excluding hydrogens is 396 g/mol. The third kappa shape index (κ3) is 4.43. The predicted octanol–water partition coefficient (Wildman–Crippen LogP) is 3.21. The first-order valence-corrected chi connectivity index (χ1v) is 10.9. The monoisotopic (exact) mass is 426 g/mol. The van der Waals surface area contributed by atoms with E-state index in [1.54, 1.807) is 9.58 Å². The molecule has 2 aromatic rings. The number of nitrogens with one attached hydrogen (secondary N) is 1. The summed E-state index contributed by atoms with van der Waals surface area (Å²) in [5, 5.41) is 7.97. The van der Waals surface area contributed by atoms with Crippen LogP contribution in [0.3, 0.4) is 0 Å². The van der Waals surface area contributed by atoms with Crippen LogP contribution in [-0.4, -0.2) is 51.3 Å². The molecule has 8 heteroatoms. The number of fused-ring (bicyclic) bond motifs is 1. The summed E-state index contributed by atoms with van der Waals surface area (Å²) in [7, 11) is 1.87. The number of aryl methyl sites for hydroxylation is 1. The molecule has 1 aromatic heterocycles. The number of carbonyl (C=O) groups excluding carboxylic acids is 3. The van der Waals surface area contributed by atoms with E-state index in [-0.39, 0.29) is 23.8 Å². The highest BCUT2D eigenvalue weighted by Crippen LogP contribution is 2.34. The van der Waals surface area contributed by atoms with Gasteiger partial charge >= 0.3 is 6.09 Å². The number of rotatable bonds is 2. The number of piperidine rings is 2. The van der Waals surface area contributed by atoms with Crippen molar-refractivity contribution < 1.29 is 19.1 Å². The van der Waals surface area contributed by atoms with Crippen LogP contribution >= 0.6 is 0 Å². The van der Waals surface area contributed by atoms with Crippen molar-refractivity contribution in [3.05, 3.63) is 29.5 Å². The van der Waals surface area contributed by atoms with E-state index in [9.17, 15) is 14.4 Å². The first-order chi connectivity index (χ1) is 14.6. The number of likely N-dealkylation sites (tertiary alicyclic amines) is 1. The minimum Gasteiger partial charge on any atom is -0.444 e. The average Bonchev–Trinajstić information content (AvgIpc) is 3.03. The number of imide groups is 1. The third-order valence-electron chi connectivity index (χ3n) is 6.02. The van der Waals surface area contributed by atoms with Crippen LogP contribution in [0.4, 0.5) is 4.79 Å². The van der Waals surface area contributed by atoms with Crippen LogP contribution in [0.2, 0.25) is 0 Å². The Labute approximate surface area is 181 Å². The Morgan fingerprint density at radius 2 is 2.00 bits per heavy atom. The molecule has 2 atom stereocenters. The molecule has 166 valence electrons. The summed E-state index contributed by atoms with van der Waals surface area (Å²) in [5.41, 5.74) is 2.31. The predicted molar refractivity (Wildman–Crippen MR) is 116 cm³/mol. The molecule has 3 heterocycles. The number of ether oxygens (including phenoxy) is 1. The van der Waals surface area contributed by atoms with Crippen molar-refractivity contribution in [3.63, 3.8) is 0 Å². The molecule has 2 fully saturated rings. The number of hydrogen-bond donors (Lipinski definition) is 1. The van der Waals surface area contributed by atoms with Gasteiger partial charge < -0.3 is 9.64 Å². The molecule has 3 amide bonds. The zero-order valence-corrected chi connectivity index (χ0v) is 18.6. The second-order valence-electron chi connectivity index (χ2n) is 9.55. The van der Waals surface area contributed by atoms with E-state index in [0.29, 0.717) is 31.6 Å². The average molecular weight is 427 g/mol. The number of amides is 3. The van der Waals surface area contributed by atoms with Crippen molar-refractivity contribution in [2.24, 2.45) is 7.05 Å². The van der Waals surface area contributed by atoms with Crippen molar-refractivity contribution in [1.82, 2.24) is 20.0 Å². The van der Waals surface area contributed by atoms with Crippen LogP contribution in [0.5, 0.6) is 0 Å². The minimum atomic E-state index is -0.510. The van der Waals surface area contributed by atoms with E-state index in [4.69, 9.17) is 4.74 Å². The summed E-state index contributed by atoms with van der Waals surface area (Å²) in [6.07, 6.45) is 2.47. The fourth-order valence-electron chi connectivity index (χ4n) is 4.51. The molecule has 31 heavy (non-hydrogen) atoms. The molecule has 0 bridgehead atoms. The Morgan fingerprint density at radius 1 is 1.23 bits per heavy atom. The number of benzene rings is 1. The maximum Gasteiger partial charge on any atom is 0.410 e. The summed E-state index contributed by atoms with van der Waals surface area (Å²) >= 11 is 0. The van der Waals surface area contributed by atoms with Crippen molar-refractivity contribution in [3.8, 4) is 0 Å². The van der Waals surface area contributed by atoms with Crippen LogP contribution < -0.4 is 5.32 Å². The normalized spacial score (nSPS) is 22.5. The molecule has 2 saturated heterocycles. The largest absolute Gasteiger partial charge is 0.444 e. The van der Waals surface area contributed by atoms with E-state index in [2.05, 4.69) is 22.5 Å². The van der Waals surface area contributed by atoms with Crippen molar-refractivity contribution >= 4 is 28.8 Å². The lowest BCUT2D eigenvalue weighted by atomic mass is 9.89. The Kier molecular flexibility index (Phi) is 5.49. The maximum atomic E-state index is 12.5. The number of carbonyl (C=O) groups is 3. The molecule has 1 aromatic carbocycles. The van der Waals surface area contributed by atoms with Crippen LogP contribution in [0, 0.1) is 0 Å². The lowest BCUT2D eigenvalue weighted by molar-refractivity contribution is -0.134. The van der Waals surface area contributed by atoms with Gasteiger partial charge in [-0.05, 0) is 51.7 Å². The van der Waals surface area contributed by atoms with Crippen LogP contribution in [-0.2, 0) is 21.4 Å². The van der Waals surface area contributed by atoms with Crippen LogP contribution in [0.25, 0.3) is 10.9 Å². The highest BCUT2D eigenvalue weighted by Gasteiger charge is 2.32. The van der Waals surface area contributed by atoms with Gasteiger partial charge in [0.05, 0.1) is 17.1 Å². The Bertz CT molecular complexity index is 1040. The van der Waals surface area contributed by atoms with E-state index in [0.717, 1.165) is 29.3 Å². The highest BCUT2D eigenvalue weighted by atomic mass is 16.6. The molecule has 0 spiro atoms. The van der Waals surface area contributed by atoms with Crippen molar-refractivity contribution in [1.29, 1.82) is 0 Å². The molecule has 2 aliphatic rings. The van der Waals surface area contributed by atoms with Gasteiger partial charge in [0.15, 0.2) is 0 Å². The Morgan fingerprint density at radius 3 is 2.71 bits per heavy atom. The molecular formula is C23H30N4O4. The first-order valence-electron chi connectivity index (χ1n) is 10.9. The smallest absolute Gasteiger partial charge is 0.410 e. The number of hydrogen-bond acceptors (Lipinski definition) is 5. The van der Waals surface area contributed by atoms with Gasteiger partial charge in [-0.15, -0.1) is 0 Å². The summed E-state index contributed by atoms with van der Waals surface area (Å²) in [6.45, 7) is 6.96. The Hall–Kier alpha value is -2.90. The van der Waals surface area contributed by atoms with Gasteiger partial charge in [0, 0.05) is 37.9 Å². The van der Waals surface area contributed by atoms with E-state index >= 15 is 0 Å². The lowest BCUT2D eigenvalue weighted by Crippen LogP contribution is -2.42. The fraction of sp³-hybridized carbons (Fsp3) is 0.565. The summed E-state index contributed by atoms with van der Waals surface area (Å²) in [6, 6.07) is 6.20. The van der Waals surface area contributed by atoms with Gasteiger partial charge in [-0.25, -0.2) is 4.79 Å². The molecule has 8 nitrogen and oxygen atoms in total. The lowest BCUT2D eigenvalue weighted by Gasteiger charge is -2.34. The van der Waals surface area contributed by atoms with Crippen molar-refractivity contribution in [2.75, 3.05) is 13.1 Å². The quantitative estimate of drug-likeness (QED) is 0.745. The van der Waals surface area contributed by atoms with Gasteiger partial charge in [0.2, 0.25) is 11.8 Å². The zero-order valence-electron chi connectivity index (χ0n) is 18.6. The van der Waals surface area contributed by atoms with Crippen LogP contribution in [0.15, 0.2) is 18.2 Å². The zero-order chi connectivity index (χ0) is 22.3. The summed E-state index contributed by atoms with van der Waals surface area (Å²) in [5.74, 6) is -0.694. The first kappa shape index (κ1) is 21.3. The SMILES string of the molecule is Cn1nc(C2CCC(=O)NC2=O)c2ccc([C@H]3CCCN(C(=O)OC(C)(C)C)C3)cc21. The van der Waals surface area contributed by atoms with E-state index in [1.165, 1.54) is 0 Å². The number of nitrogens with zero attached hydrogens (tertiary/aromatic N) is 3. The molecule has 1 unspecified atom stereocenters. The third-order valence-corrected chi connectivity index (χ3v) is 6.02. The molecule has 0 saturated carbocycles. The topological polar surface area (TPSA) is 93.5 Å². The van der Waals surface area contributed by atoms with Gasteiger partial charge in [0.25, 0.3) is 0 Å². The van der Waals surface area contributed by atoms with E-state index < -0.39 is 11.5 Å². The van der Waals surface area contributed by atoms with Gasteiger partial charge in [-0.1, -0.05) is 12.1 Å². The molecule has 0 aliphatic carbocycles. The number of aromatic nitrogens is 2. The Balaban J connectivity index is 1.57. The van der Waals surface area contributed by atoms with E-state index in [1.807, 2.05) is 33.9 Å². The standard InChI is InChI=1S/C23H30N4O4/c1-23(2,3)31-22(30)27-11-5-6-15(13-27)14-7-8-16-18(12-14)26(4)25-20(16)17-9-10-19(28)24-21(17)29/h7-8,12,15,17H,5-6,9-11,13H2,1-4H3,(H,24,28,29)/t15-,17?/m0/s1. The molecule has 2 aliphatic heterocycles. The molecule has 4 rings (SSSR count). The summed E-state index contributed by atoms with van der Waals surface area (Å²) < 4.78 is 7.35. The van der Waals surface area contributed by atoms with Crippen molar-refractivity contribution in [2.45, 2.75) is 63.9 Å². The second-order valence-corrected chi connectivity index (χ2v) is 9.55. The van der Waals surface area contributed by atoms with Gasteiger partial charge in [0.1, 0.15) is 5.60 Å². The minimum absolute atomic E-state index is 0.222. The maximum absolute atomic E-state index is 12.5. The second kappa shape index (κ2) is 7.98. The highest BCUT2D eigenvalue weighted by molar-refractivity contribution is 6.02. The molecule has 1 N–H and O–H groups in total.